The van der Waals surface area contributed by atoms with Gasteiger partial charge in [-0.3, -0.25) is 0 Å². The molecule has 0 amide bonds. The summed E-state index contributed by atoms with van der Waals surface area (Å²) in [7, 11) is 1.63. The predicted octanol–water partition coefficient (Wildman–Crippen LogP) is 4.64. The van der Waals surface area contributed by atoms with Crippen LogP contribution in [0.5, 0.6) is 17.2 Å². The van der Waals surface area contributed by atoms with E-state index in [4.69, 9.17) is 21.1 Å². The zero-order valence-corrected chi connectivity index (χ0v) is 13.3. The molecule has 0 radical (unpaired) electrons. The van der Waals surface area contributed by atoms with Crippen LogP contribution in [0.25, 0.3) is 0 Å². The van der Waals surface area contributed by atoms with Crippen LogP contribution in [0.15, 0.2) is 42.5 Å². The molecule has 21 heavy (non-hydrogen) atoms. The smallest absolute Gasteiger partial charge is 0.131 e. The van der Waals surface area contributed by atoms with Crippen LogP contribution in [-0.2, 0) is 6.54 Å². The molecule has 0 saturated heterocycles. The highest BCUT2D eigenvalue weighted by Gasteiger charge is 2.05. The average Bonchev–Trinajstić information content (AvgIpc) is 2.46. The van der Waals surface area contributed by atoms with Crippen molar-refractivity contribution in [2.24, 2.45) is 0 Å². The van der Waals surface area contributed by atoms with Crippen LogP contribution in [0, 0.1) is 0 Å². The lowest BCUT2D eigenvalue weighted by atomic mass is 10.2. The Morgan fingerprint density at radius 1 is 1.05 bits per heavy atom. The molecule has 0 unspecified atom stereocenters. The van der Waals surface area contributed by atoms with Gasteiger partial charge in [-0.2, -0.15) is 0 Å². The maximum Gasteiger partial charge on any atom is 0.131 e. The van der Waals surface area contributed by atoms with Gasteiger partial charge >= 0.3 is 0 Å². The van der Waals surface area contributed by atoms with Gasteiger partial charge in [0.05, 0.1) is 7.11 Å². The number of rotatable bonds is 6. The highest BCUT2D eigenvalue weighted by molar-refractivity contribution is 6.31. The van der Waals surface area contributed by atoms with Gasteiger partial charge in [0, 0.05) is 23.7 Å². The quantitative estimate of drug-likeness (QED) is 0.843. The summed E-state index contributed by atoms with van der Waals surface area (Å²) in [5, 5.41) is 4.04. The summed E-state index contributed by atoms with van der Waals surface area (Å²) in [6, 6.07) is 13.6. The normalized spacial score (nSPS) is 10.7. The van der Waals surface area contributed by atoms with Gasteiger partial charge in [-0.1, -0.05) is 37.6 Å². The van der Waals surface area contributed by atoms with Gasteiger partial charge in [0.25, 0.3) is 0 Å². The summed E-state index contributed by atoms with van der Waals surface area (Å²) in [6.45, 7) is 4.96. The van der Waals surface area contributed by atoms with E-state index in [9.17, 15) is 0 Å². The number of methoxy groups -OCH3 is 1. The van der Waals surface area contributed by atoms with Crippen LogP contribution < -0.4 is 14.8 Å². The fraction of sp³-hybridized carbons (Fsp3) is 0.294. The highest BCUT2D eigenvalue weighted by atomic mass is 35.5. The van der Waals surface area contributed by atoms with E-state index in [2.05, 4.69) is 19.2 Å². The fourth-order valence-corrected chi connectivity index (χ4v) is 2.09. The van der Waals surface area contributed by atoms with Crippen molar-refractivity contribution in [3.05, 3.63) is 53.1 Å². The molecule has 4 heteroatoms. The molecule has 0 atom stereocenters. The molecule has 0 aliphatic heterocycles. The number of halogens is 1. The van der Waals surface area contributed by atoms with Gasteiger partial charge < -0.3 is 14.8 Å². The first-order valence-electron chi connectivity index (χ1n) is 6.92. The second-order valence-electron chi connectivity index (χ2n) is 5.07. The van der Waals surface area contributed by atoms with Crippen molar-refractivity contribution in [3.8, 4) is 17.2 Å². The van der Waals surface area contributed by atoms with E-state index in [-0.39, 0.29) is 0 Å². The third-order valence-corrected chi connectivity index (χ3v) is 3.35. The van der Waals surface area contributed by atoms with Crippen molar-refractivity contribution in [2.75, 3.05) is 7.11 Å². The molecule has 3 nitrogen and oxygen atoms in total. The standard InChI is InChI=1S/C17H20ClNO2/c1-12(2)19-11-13-7-8-16(10-17(13)18)21-15-6-4-5-14(9-15)20-3/h4-10,12,19H,11H2,1-3H3. The monoisotopic (exact) mass is 305 g/mol. The first-order chi connectivity index (χ1) is 10.1. The second-order valence-corrected chi connectivity index (χ2v) is 5.48. The number of hydrogen-bond acceptors (Lipinski definition) is 3. The molecule has 0 aliphatic rings. The zero-order chi connectivity index (χ0) is 15.2. The third-order valence-electron chi connectivity index (χ3n) is 3.00. The van der Waals surface area contributed by atoms with E-state index in [1.807, 2.05) is 42.5 Å². The van der Waals surface area contributed by atoms with Crippen LogP contribution >= 0.6 is 11.6 Å². The SMILES string of the molecule is COc1cccc(Oc2ccc(CNC(C)C)c(Cl)c2)c1. The van der Waals surface area contributed by atoms with Gasteiger partial charge in [-0.05, 0) is 29.8 Å². The Kier molecular flexibility index (Phi) is 5.48. The minimum Gasteiger partial charge on any atom is -0.497 e. The molecule has 0 heterocycles. The molecular weight excluding hydrogens is 286 g/mol. The molecule has 0 bridgehead atoms. The molecule has 2 aromatic carbocycles. The minimum absolute atomic E-state index is 0.425. The summed E-state index contributed by atoms with van der Waals surface area (Å²) in [5.74, 6) is 2.19. The van der Waals surface area contributed by atoms with Crippen molar-refractivity contribution in [2.45, 2.75) is 26.4 Å². The van der Waals surface area contributed by atoms with E-state index < -0.39 is 0 Å². The van der Waals surface area contributed by atoms with E-state index >= 15 is 0 Å². The van der Waals surface area contributed by atoms with Crippen LogP contribution in [0.4, 0.5) is 0 Å². The van der Waals surface area contributed by atoms with Crippen LogP contribution in [0.2, 0.25) is 5.02 Å². The molecule has 0 fully saturated rings. The lowest BCUT2D eigenvalue weighted by Gasteiger charge is -2.12. The molecule has 0 saturated carbocycles. The Morgan fingerprint density at radius 2 is 1.76 bits per heavy atom. The summed E-state index contributed by atoms with van der Waals surface area (Å²) in [6.07, 6.45) is 0. The molecule has 1 N–H and O–H groups in total. The second kappa shape index (κ2) is 7.34. The van der Waals surface area contributed by atoms with E-state index in [1.54, 1.807) is 7.11 Å². The van der Waals surface area contributed by atoms with Gasteiger partial charge in [-0.15, -0.1) is 0 Å². The Balaban J connectivity index is 2.09. The van der Waals surface area contributed by atoms with Gasteiger partial charge in [0.15, 0.2) is 0 Å². The Bertz CT molecular complexity index is 599. The van der Waals surface area contributed by atoms with Crippen molar-refractivity contribution in [1.82, 2.24) is 5.32 Å². The maximum atomic E-state index is 6.29. The summed E-state index contributed by atoms with van der Waals surface area (Å²) in [4.78, 5) is 0. The summed E-state index contributed by atoms with van der Waals surface area (Å²) < 4.78 is 11.0. The predicted molar refractivity (Wildman–Crippen MR) is 86.5 cm³/mol. The fourth-order valence-electron chi connectivity index (χ4n) is 1.85. The number of ether oxygens (including phenoxy) is 2. The average molecular weight is 306 g/mol. The molecule has 0 spiro atoms. The molecule has 0 aromatic heterocycles. The van der Waals surface area contributed by atoms with Crippen molar-refractivity contribution >= 4 is 11.6 Å². The third kappa shape index (κ3) is 4.66. The molecule has 112 valence electrons. The van der Waals surface area contributed by atoms with Crippen molar-refractivity contribution in [1.29, 1.82) is 0 Å². The summed E-state index contributed by atoms with van der Waals surface area (Å²) >= 11 is 6.29. The van der Waals surface area contributed by atoms with Crippen molar-refractivity contribution in [3.63, 3.8) is 0 Å². The van der Waals surface area contributed by atoms with Crippen LogP contribution in [-0.4, -0.2) is 13.2 Å². The number of benzene rings is 2. The van der Waals surface area contributed by atoms with E-state index in [1.165, 1.54) is 0 Å². The van der Waals surface area contributed by atoms with E-state index in [0.29, 0.717) is 16.8 Å². The van der Waals surface area contributed by atoms with Gasteiger partial charge in [0.2, 0.25) is 0 Å². The largest absolute Gasteiger partial charge is 0.497 e. The first-order valence-corrected chi connectivity index (χ1v) is 7.30. The topological polar surface area (TPSA) is 30.5 Å². The number of nitrogens with one attached hydrogen (secondary N) is 1. The Hall–Kier alpha value is -1.71. The number of hydrogen-bond donors (Lipinski definition) is 1. The maximum absolute atomic E-state index is 6.29. The Morgan fingerprint density at radius 3 is 2.43 bits per heavy atom. The van der Waals surface area contributed by atoms with Gasteiger partial charge in [-0.25, -0.2) is 0 Å². The molecule has 2 aromatic rings. The lowest BCUT2D eigenvalue weighted by molar-refractivity contribution is 0.409. The highest BCUT2D eigenvalue weighted by Crippen LogP contribution is 2.28. The first kappa shape index (κ1) is 15.7. The van der Waals surface area contributed by atoms with E-state index in [0.717, 1.165) is 23.6 Å². The summed E-state index contributed by atoms with van der Waals surface area (Å²) in [5.41, 5.74) is 1.06. The molecular formula is C17H20ClNO2. The molecule has 2 rings (SSSR count). The van der Waals surface area contributed by atoms with Gasteiger partial charge in [0.1, 0.15) is 17.2 Å². The van der Waals surface area contributed by atoms with Crippen molar-refractivity contribution < 1.29 is 9.47 Å². The molecule has 0 aliphatic carbocycles. The minimum atomic E-state index is 0.425. The lowest BCUT2D eigenvalue weighted by Crippen LogP contribution is -2.21. The van der Waals surface area contributed by atoms with Crippen LogP contribution in [0.1, 0.15) is 19.4 Å². The zero-order valence-electron chi connectivity index (χ0n) is 12.5. The van der Waals surface area contributed by atoms with Crippen LogP contribution in [0.3, 0.4) is 0 Å². The Labute approximate surface area is 130 Å².